The highest BCUT2D eigenvalue weighted by molar-refractivity contribution is 5.54. The average molecular weight is 267 g/mol. The maximum absolute atomic E-state index is 10.8. The van der Waals surface area contributed by atoms with Crippen LogP contribution < -0.4 is 5.32 Å². The van der Waals surface area contributed by atoms with Gasteiger partial charge in [0.15, 0.2) is 0 Å². The standard InChI is InChI=1S/C15H13N3O2/c1-11-6-14(8-15(7-11)18(19)20)17-10-13-4-2-12(9-16)3-5-13/h2-8,17H,10H2,1H3. The van der Waals surface area contributed by atoms with Crippen molar-refractivity contribution in [3.05, 3.63) is 69.3 Å². The second kappa shape index (κ2) is 5.85. The van der Waals surface area contributed by atoms with Crippen molar-refractivity contribution in [2.24, 2.45) is 0 Å². The third-order valence-electron chi connectivity index (χ3n) is 2.85. The van der Waals surface area contributed by atoms with Crippen molar-refractivity contribution in [3.8, 4) is 6.07 Å². The fraction of sp³-hybridized carbons (Fsp3) is 0.133. The SMILES string of the molecule is Cc1cc(NCc2ccc(C#N)cc2)cc([N+](=O)[O-])c1. The number of nitrogens with zero attached hydrogens (tertiary/aromatic N) is 2. The van der Waals surface area contributed by atoms with Gasteiger partial charge in [0.05, 0.1) is 16.6 Å². The van der Waals surface area contributed by atoms with E-state index in [9.17, 15) is 10.1 Å². The summed E-state index contributed by atoms with van der Waals surface area (Å²) in [5.74, 6) is 0. The molecule has 0 amide bonds. The second-order valence-electron chi connectivity index (χ2n) is 4.48. The summed E-state index contributed by atoms with van der Waals surface area (Å²) in [6.07, 6.45) is 0. The molecule has 0 radical (unpaired) electrons. The number of nitro groups is 1. The van der Waals surface area contributed by atoms with Gasteiger partial charge in [0.25, 0.3) is 5.69 Å². The minimum absolute atomic E-state index is 0.0762. The Hall–Kier alpha value is -2.87. The Labute approximate surface area is 116 Å². The minimum Gasteiger partial charge on any atom is -0.381 e. The molecule has 0 saturated carbocycles. The summed E-state index contributed by atoms with van der Waals surface area (Å²) in [4.78, 5) is 10.4. The first-order valence-corrected chi connectivity index (χ1v) is 6.07. The maximum atomic E-state index is 10.8. The monoisotopic (exact) mass is 267 g/mol. The van der Waals surface area contributed by atoms with Crippen LogP contribution in [0.3, 0.4) is 0 Å². The lowest BCUT2D eigenvalue weighted by Gasteiger charge is -2.07. The van der Waals surface area contributed by atoms with Crippen molar-refractivity contribution in [2.75, 3.05) is 5.32 Å². The molecule has 0 fully saturated rings. The molecule has 0 bridgehead atoms. The quantitative estimate of drug-likeness (QED) is 0.680. The first-order valence-electron chi connectivity index (χ1n) is 6.07. The van der Waals surface area contributed by atoms with Crippen LogP contribution in [0.4, 0.5) is 11.4 Å². The van der Waals surface area contributed by atoms with E-state index in [-0.39, 0.29) is 5.69 Å². The molecule has 0 atom stereocenters. The Bertz CT molecular complexity index is 673. The predicted octanol–water partition coefficient (Wildman–Crippen LogP) is 3.39. The molecule has 2 rings (SSSR count). The van der Waals surface area contributed by atoms with Crippen LogP contribution in [-0.2, 0) is 6.54 Å². The Morgan fingerprint density at radius 1 is 1.25 bits per heavy atom. The summed E-state index contributed by atoms with van der Waals surface area (Å²) in [5, 5.41) is 22.7. The molecule has 0 aromatic heterocycles. The Morgan fingerprint density at radius 2 is 1.95 bits per heavy atom. The van der Waals surface area contributed by atoms with Crippen LogP contribution in [0.5, 0.6) is 0 Å². The number of rotatable bonds is 4. The molecule has 1 N–H and O–H groups in total. The van der Waals surface area contributed by atoms with E-state index in [4.69, 9.17) is 5.26 Å². The van der Waals surface area contributed by atoms with Gasteiger partial charge in [-0.1, -0.05) is 12.1 Å². The van der Waals surface area contributed by atoms with Crippen molar-refractivity contribution >= 4 is 11.4 Å². The summed E-state index contributed by atoms with van der Waals surface area (Å²) in [6, 6.07) is 14.2. The molecular formula is C15H13N3O2. The van der Waals surface area contributed by atoms with E-state index in [1.807, 2.05) is 25.1 Å². The third kappa shape index (κ3) is 3.33. The zero-order chi connectivity index (χ0) is 14.5. The van der Waals surface area contributed by atoms with Gasteiger partial charge in [-0.25, -0.2) is 0 Å². The molecule has 0 unspecified atom stereocenters. The van der Waals surface area contributed by atoms with E-state index in [0.717, 1.165) is 11.1 Å². The van der Waals surface area contributed by atoms with Gasteiger partial charge in [0.2, 0.25) is 0 Å². The molecule has 2 aromatic carbocycles. The molecule has 100 valence electrons. The van der Waals surface area contributed by atoms with Gasteiger partial charge < -0.3 is 5.32 Å². The lowest BCUT2D eigenvalue weighted by molar-refractivity contribution is -0.384. The van der Waals surface area contributed by atoms with Gasteiger partial charge in [-0.2, -0.15) is 5.26 Å². The first kappa shape index (κ1) is 13.6. The van der Waals surface area contributed by atoms with Crippen LogP contribution >= 0.6 is 0 Å². The lowest BCUT2D eigenvalue weighted by Crippen LogP contribution is -2.00. The maximum Gasteiger partial charge on any atom is 0.271 e. The van der Waals surface area contributed by atoms with Crippen molar-refractivity contribution in [2.45, 2.75) is 13.5 Å². The van der Waals surface area contributed by atoms with Crippen molar-refractivity contribution in [1.82, 2.24) is 0 Å². The van der Waals surface area contributed by atoms with Crippen LogP contribution in [0.2, 0.25) is 0 Å². The fourth-order valence-electron chi connectivity index (χ4n) is 1.87. The van der Waals surface area contributed by atoms with Gasteiger partial charge in [0.1, 0.15) is 0 Å². The number of hydrogen-bond donors (Lipinski definition) is 1. The Kier molecular flexibility index (Phi) is 3.96. The van der Waals surface area contributed by atoms with E-state index < -0.39 is 4.92 Å². The molecule has 0 aliphatic heterocycles. The Morgan fingerprint density at radius 3 is 2.55 bits per heavy atom. The smallest absolute Gasteiger partial charge is 0.271 e. The molecule has 5 heteroatoms. The summed E-state index contributed by atoms with van der Waals surface area (Å²) in [5.41, 5.74) is 3.24. The molecule has 0 spiro atoms. The minimum atomic E-state index is -0.403. The van der Waals surface area contributed by atoms with Crippen LogP contribution in [-0.4, -0.2) is 4.92 Å². The predicted molar refractivity (Wildman–Crippen MR) is 76.3 cm³/mol. The van der Waals surface area contributed by atoms with Gasteiger partial charge in [-0.05, 0) is 36.2 Å². The molecule has 20 heavy (non-hydrogen) atoms. The van der Waals surface area contributed by atoms with Crippen LogP contribution in [0, 0.1) is 28.4 Å². The number of non-ortho nitro benzene ring substituents is 1. The van der Waals surface area contributed by atoms with E-state index in [1.54, 1.807) is 12.1 Å². The summed E-state index contributed by atoms with van der Waals surface area (Å²) >= 11 is 0. The number of benzene rings is 2. The topological polar surface area (TPSA) is 79.0 Å². The number of nitrogens with one attached hydrogen (secondary N) is 1. The Balaban J connectivity index is 2.10. The van der Waals surface area contributed by atoms with Gasteiger partial charge >= 0.3 is 0 Å². The van der Waals surface area contributed by atoms with Gasteiger partial charge in [0, 0.05) is 24.4 Å². The van der Waals surface area contributed by atoms with E-state index >= 15 is 0 Å². The van der Waals surface area contributed by atoms with Gasteiger partial charge in [-0.3, -0.25) is 10.1 Å². The van der Waals surface area contributed by atoms with E-state index in [1.165, 1.54) is 12.1 Å². The molecule has 0 aliphatic carbocycles. The highest BCUT2D eigenvalue weighted by Gasteiger charge is 2.07. The van der Waals surface area contributed by atoms with Crippen molar-refractivity contribution < 1.29 is 4.92 Å². The molecule has 0 heterocycles. The molecular weight excluding hydrogens is 254 g/mol. The highest BCUT2D eigenvalue weighted by Crippen LogP contribution is 2.21. The molecule has 5 nitrogen and oxygen atoms in total. The number of nitro benzene ring substituents is 1. The zero-order valence-corrected chi connectivity index (χ0v) is 11.0. The van der Waals surface area contributed by atoms with Crippen LogP contribution in [0.15, 0.2) is 42.5 Å². The third-order valence-corrected chi connectivity index (χ3v) is 2.85. The summed E-state index contributed by atoms with van der Waals surface area (Å²) in [6.45, 7) is 2.37. The van der Waals surface area contributed by atoms with Crippen LogP contribution in [0.25, 0.3) is 0 Å². The largest absolute Gasteiger partial charge is 0.381 e. The highest BCUT2D eigenvalue weighted by atomic mass is 16.6. The number of nitriles is 1. The lowest BCUT2D eigenvalue weighted by atomic mass is 10.1. The number of hydrogen-bond acceptors (Lipinski definition) is 4. The van der Waals surface area contributed by atoms with Crippen LogP contribution in [0.1, 0.15) is 16.7 Å². The summed E-state index contributed by atoms with van der Waals surface area (Å²) in [7, 11) is 0. The molecule has 2 aromatic rings. The fourth-order valence-corrected chi connectivity index (χ4v) is 1.87. The first-order chi connectivity index (χ1) is 9.58. The molecule has 0 aliphatic rings. The van der Waals surface area contributed by atoms with Gasteiger partial charge in [-0.15, -0.1) is 0 Å². The van der Waals surface area contributed by atoms with Crippen molar-refractivity contribution in [3.63, 3.8) is 0 Å². The zero-order valence-electron chi connectivity index (χ0n) is 11.0. The number of anilines is 1. The van der Waals surface area contributed by atoms with E-state index in [2.05, 4.69) is 11.4 Å². The summed E-state index contributed by atoms with van der Waals surface area (Å²) < 4.78 is 0. The van der Waals surface area contributed by atoms with E-state index in [0.29, 0.717) is 17.8 Å². The number of aryl methyl sites for hydroxylation is 1. The normalized spacial score (nSPS) is 9.80. The molecule has 0 saturated heterocycles. The van der Waals surface area contributed by atoms with Crippen molar-refractivity contribution in [1.29, 1.82) is 5.26 Å². The average Bonchev–Trinajstić information content (AvgIpc) is 2.45. The second-order valence-corrected chi connectivity index (χ2v) is 4.48.